The molecule has 0 saturated carbocycles. The molecule has 0 heterocycles. The summed E-state index contributed by atoms with van der Waals surface area (Å²) in [6.07, 6.45) is 0. The summed E-state index contributed by atoms with van der Waals surface area (Å²) < 4.78 is 25.1. The quantitative estimate of drug-likeness (QED) is 0.878. The van der Waals surface area contributed by atoms with Crippen molar-refractivity contribution in [1.82, 2.24) is 0 Å². The highest BCUT2D eigenvalue weighted by Crippen LogP contribution is 2.24. The first-order valence-corrected chi connectivity index (χ1v) is 6.94. The van der Waals surface area contributed by atoms with Crippen LogP contribution in [0.5, 0.6) is 0 Å². The van der Waals surface area contributed by atoms with Crippen LogP contribution in [0.15, 0.2) is 47.4 Å². The van der Waals surface area contributed by atoms with Crippen molar-refractivity contribution in [2.24, 2.45) is 0 Å². The molecule has 0 radical (unpaired) electrons. The first-order valence-electron chi connectivity index (χ1n) is 5.24. The summed E-state index contributed by atoms with van der Waals surface area (Å²) in [7, 11) is -1.32. The standard InChI is InChI=1S/C13H11ClFNOS/c14-12-7-11(16)4-5-13(12)18(17)8-9-2-1-3-10(15)6-9/h1-7H,8,16H2. The molecule has 0 amide bonds. The molecule has 1 atom stereocenters. The fourth-order valence-electron chi connectivity index (χ4n) is 1.56. The van der Waals surface area contributed by atoms with E-state index in [2.05, 4.69) is 0 Å². The number of halogens is 2. The number of hydrogen-bond donors (Lipinski definition) is 1. The minimum absolute atomic E-state index is 0.224. The van der Waals surface area contributed by atoms with Crippen LogP contribution in [0.3, 0.4) is 0 Å². The summed E-state index contributed by atoms with van der Waals surface area (Å²) >= 11 is 5.97. The van der Waals surface area contributed by atoms with Gasteiger partial charge >= 0.3 is 0 Å². The van der Waals surface area contributed by atoms with E-state index in [0.717, 1.165) is 0 Å². The Balaban J connectivity index is 2.22. The molecule has 2 aromatic carbocycles. The first-order chi connectivity index (χ1) is 8.56. The SMILES string of the molecule is Nc1ccc(S(=O)Cc2cccc(F)c2)c(Cl)c1. The van der Waals surface area contributed by atoms with Gasteiger partial charge in [0.25, 0.3) is 0 Å². The van der Waals surface area contributed by atoms with Crippen LogP contribution in [0, 0.1) is 5.82 Å². The molecule has 94 valence electrons. The summed E-state index contributed by atoms with van der Waals surface area (Å²) in [5, 5.41) is 0.365. The summed E-state index contributed by atoms with van der Waals surface area (Å²) in [6, 6.07) is 10.9. The van der Waals surface area contributed by atoms with Crippen LogP contribution in [0.2, 0.25) is 5.02 Å². The third-order valence-electron chi connectivity index (χ3n) is 2.39. The van der Waals surface area contributed by atoms with Crippen molar-refractivity contribution in [2.45, 2.75) is 10.6 Å². The van der Waals surface area contributed by atoms with Crippen molar-refractivity contribution in [3.8, 4) is 0 Å². The van der Waals surface area contributed by atoms with E-state index < -0.39 is 10.8 Å². The number of benzene rings is 2. The molecule has 2 N–H and O–H groups in total. The third kappa shape index (κ3) is 3.09. The largest absolute Gasteiger partial charge is 0.399 e. The lowest BCUT2D eigenvalue weighted by molar-refractivity contribution is 0.626. The normalized spacial score (nSPS) is 12.3. The molecule has 2 nitrogen and oxygen atoms in total. The lowest BCUT2D eigenvalue weighted by atomic mass is 10.2. The second-order valence-corrected chi connectivity index (χ2v) is 5.64. The van der Waals surface area contributed by atoms with Crippen LogP contribution >= 0.6 is 11.6 Å². The highest BCUT2D eigenvalue weighted by molar-refractivity contribution is 7.84. The van der Waals surface area contributed by atoms with Crippen LogP contribution in [0.4, 0.5) is 10.1 Å². The van der Waals surface area contributed by atoms with E-state index in [4.69, 9.17) is 17.3 Å². The summed E-state index contributed by atoms with van der Waals surface area (Å²) in [5.41, 5.74) is 6.75. The molecule has 0 aliphatic heterocycles. The molecule has 0 bridgehead atoms. The Labute approximate surface area is 112 Å². The Hall–Kier alpha value is -1.39. The Morgan fingerprint density at radius 2 is 2.00 bits per heavy atom. The fraction of sp³-hybridized carbons (Fsp3) is 0.0769. The maximum absolute atomic E-state index is 13.0. The van der Waals surface area contributed by atoms with Gasteiger partial charge in [-0.15, -0.1) is 0 Å². The van der Waals surface area contributed by atoms with E-state index in [1.165, 1.54) is 12.1 Å². The van der Waals surface area contributed by atoms with E-state index in [9.17, 15) is 8.60 Å². The van der Waals surface area contributed by atoms with Crippen molar-refractivity contribution in [3.63, 3.8) is 0 Å². The maximum atomic E-state index is 13.0. The number of anilines is 1. The van der Waals surface area contributed by atoms with Crippen molar-refractivity contribution in [2.75, 3.05) is 5.73 Å². The van der Waals surface area contributed by atoms with Gasteiger partial charge in [0.2, 0.25) is 0 Å². The third-order valence-corrected chi connectivity index (χ3v) is 4.25. The van der Waals surface area contributed by atoms with Gasteiger partial charge in [0, 0.05) is 5.69 Å². The average molecular weight is 284 g/mol. The summed E-state index contributed by atoms with van der Waals surface area (Å²) in [4.78, 5) is 0.509. The topological polar surface area (TPSA) is 43.1 Å². The Bertz CT molecular complexity index is 603. The molecule has 0 aliphatic rings. The lowest BCUT2D eigenvalue weighted by Gasteiger charge is -2.06. The molecule has 2 rings (SSSR count). The molecule has 2 aromatic rings. The monoisotopic (exact) mass is 283 g/mol. The van der Waals surface area contributed by atoms with E-state index in [1.54, 1.807) is 30.3 Å². The molecule has 0 saturated heterocycles. The minimum Gasteiger partial charge on any atom is -0.399 e. The molecule has 18 heavy (non-hydrogen) atoms. The number of hydrogen-bond acceptors (Lipinski definition) is 2. The van der Waals surface area contributed by atoms with Crippen molar-refractivity contribution in [1.29, 1.82) is 0 Å². The Kier molecular flexibility index (Phi) is 3.99. The van der Waals surface area contributed by atoms with E-state index in [1.807, 2.05) is 0 Å². The van der Waals surface area contributed by atoms with E-state index in [-0.39, 0.29) is 11.6 Å². The summed E-state index contributed by atoms with van der Waals surface area (Å²) in [5.74, 6) is -0.116. The number of nitrogen functional groups attached to an aromatic ring is 1. The number of nitrogens with two attached hydrogens (primary N) is 1. The van der Waals surface area contributed by atoms with Gasteiger partial charge in [-0.2, -0.15) is 0 Å². The zero-order valence-electron chi connectivity index (χ0n) is 9.40. The van der Waals surface area contributed by atoms with Gasteiger partial charge in [-0.1, -0.05) is 23.7 Å². The lowest BCUT2D eigenvalue weighted by Crippen LogP contribution is -1.98. The predicted molar refractivity (Wildman–Crippen MR) is 72.4 cm³/mol. The maximum Gasteiger partial charge on any atom is 0.123 e. The Morgan fingerprint density at radius 3 is 2.67 bits per heavy atom. The molecule has 5 heteroatoms. The van der Waals surface area contributed by atoms with E-state index in [0.29, 0.717) is 21.2 Å². The van der Waals surface area contributed by atoms with Crippen LogP contribution in [-0.4, -0.2) is 4.21 Å². The molecular weight excluding hydrogens is 273 g/mol. The minimum atomic E-state index is -1.32. The van der Waals surface area contributed by atoms with Crippen LogP contribution in [-0.2, 0) is 16.6 Å². The number of rotatable bonds is 3. The van der Waals surface area contributed by atoms with Gasteiger partial charge in [-0.05, 0) is 35.9 Å². The molecule has 1 unspecified atom stereocenters. The second kappa shape index (κ2) is 5.50. The molecular formula is C13H11ClFNOS. The van der Waals surface area contributed by atoms with Crippen molar-refractivity contribution < 1.29 is 8.60 Å². The average Bonchev–Trinajstić information content (AvgIpc) is 2.28. The smallest absolute Gasteiger partial charge is 0.123 e. The second-order valence-electron chi connectivity index (χ2n) is 3.81. The summed E-state index contributed by atoms with van der Waals surface area (Å²) in [6.45, 7) is 0. The Morgan fingerprint density at radius 1 is 1.22 bits per heavy atom. The van der Waals surface area contributed by atoms with Gasteiger partial charge in [-0.3, -0.25) is 4.21 Å². The van der Waals surface area contributed by atoms with Crippen molar-refractivity contribution >= 4 is 28.1 Å². The van der Waals surface area contributed by atoms with Gasteiger partial charge < -0.3 is 5.73 Å². The van der Waals surface area contributed by atoms with Crippen LogP contribution in [0.1, 0.15) is 5.56 Å². The first kappa shape index (κ1) is 13.1. The van der Waals surface area contributed by atoms with Gasteiger partial charge in [-0.25, -0.2) is 4.39 Å². The van der Waals surface area contributed by atoms with E-state index >= 15 is 0 Å². The molecule has 0 spiro atoms. The highest BCUT2D eigenvalue weighted by Gasteiger charge is 2.10. The zero-order valence-corrected chi connectivity index (χ0v) is 11.0. The van der Waals surface area contributed by atoms with Crippen molar-refractivity contribution in [3.05, 3.63) is 58.9 Å². The molecule has 0 aromatic heterocycles. The van der Waals surface area contributed by atoms with Gasteiger partial charge in [0.1, 0.15) is 5.82 Å². The fourth-order valence-corrected chi connectivity index (χ4v) is 3.14. The van der Waals surface area contributed by atoms with Crippen LogP contribution in [0.25, 0.3) is 0 Å². The molecule has 0 fully saturated rings. The van der Waals surface area contributed by atoms with Gasteiger partial charge in [0.05, 0.1) is 26.5 Å². The highest BCUT2D eigenvalue weighted by atomic mass is 35.5. The van der Waals surface area contributed by atoms with Crippen LogP contribution < -0.4 is 5.73 Å². The van der Waals surface area contributed by atoms with Gasteiger partial charge in [0.15, 0.2) is 0 Å². The molecule has 0 aliphatic carbocycles. The predicted octanol–water partition coefficient (Wildman–Crippen LogP) is 3.37. The zero-order chi connectivity index (χ0) is 13.1.